The summed E-state index contributed by atoms with van der Waals surface area (Å²) in [4.78, 5) is 6.92. The van der Waals surface area contributed by atoms with Crippen LogP contribution in [0, 0.1) is 0 Å². The Bertz CT molecular complexity index is 315. The van der Waals surface area contributed by atoms with Crippen molar-refractivity contribution in [2.45, 2.75) is 45.2 Å². The predicted molar refractivity (Wildman–Crippen MR) is 61.5 cm³/mol. The topological polar surface area (TPSA) is 40.3 Å². The van der Waals surface area contributed by atoms with Crippen LogP contribution in [-0.4, -0.2) is 41.4 Å². The summed E-state index contributed by atoms with van der Waals surface area (Å²) < 4.78 is 0. The fraction of sp³-hybridized carbons (Fsp3) is 0.909. The molecular formula is C11H20N4. The van der Waals surface area contributed by atoms with Crippen LogP contribution < -0.4 is 0 Å². The third-order valence-corrected chi connectivity index (χ3v) is 2.79. The molecule has 4 heteroatoms. The van der Waals surface area contributed by atoms with Crippen LogP contribution in [0.25, 0.3) is 0 Å². The van der Waals surface area contributed by atoms with Crippen molar-refractivity contribution in [1.29, 1.82) is 0 Å². The van der Waals surface area contributed by atoms with E-state index in [9.17, 15) is 0 Å². The molecule has 2 heterocycles. The monoisotopic (exact) mass is 208 g/mol. The molecule has 0 unspecified atom stereocenters. The lowest BCUT2D eigenvalue weighted by Gasteiger charge is -2.34. The lowest BCUT2D eigenvalue weighted by molar-refractivity contribution is 0.303. The van der Waals surface area contributed by atoms with Crippen molar-refractivity contribution in [3.8, 4) is 0 Å². The first-order valence-electron chi connectivity index (χ1n) is 5.60. The minimum absolute atomic E-state index is 0.0944. The summed E-state index contributed by atoms with van der Waals surface area (Å²) in [5.74, 6) is 1.21. The predicted octanol–water partition coefficient (Wildman–Crippen LogP) is 2.11. The average Bonchev–Trinajstić information content (AvgIpc) is 2.47. The molecule has 0 N–H and O–H groups in total. The highest BCUT2D eigenvalue weighted by molar-refractivity contribution is 5.85. The van der Waals surface area contributed by atoms with E-state index in [1.165, 1.54) is 5.84 Å². The Kier molecular flexibility index (Phi) is 2.32. The van der Waals surface area contributed by atoms with Gasteiger partial charge in [-0.3, -0.25) is 4.99 Å². The maximum atomic E-state index is 4.56. The molecule has 0 radical (unpaired) electrons. The fourth-order valence-electron chi connectivity index (χ4n) is 2.06. The summed E-state index contributed by atoms with van der Waals surface area (Å²) in [6.45, 7) is 11.4. The molecule has 2 aliphatic rings. The van der Waals surface area contributed by atoms with Crippen molar-refractivity contribution in [2.75, 3.05) is 19.6 Å². The van der Waals surface area contributed by atoms with Gasteiger partial charge in [0.05, 0.1) is 17.6 Å². The van der Waals surface area contributed by atoms with Gasteiger partial charge in [-0.2, -0.15) is 10.2 Å². The number of rotatable bonds is 0. The number of azo groups is 1. The van der Waals surface area contributed by atoms with Crippen molar-refractivity contribution >= 4 is 5.84 Å². The number of fused-ring (bicyclic) bond motifs is 1. The summed E-state index contributed by atoms with van der Waals surface area (Å²) in [5, 5.41) is 8.90. The maximum absolute atomic E-state index is 4.56. The number of amidine groups is 1. The summed E-state index contributed by atoms with van der Waals surface area (Å²) in [7, 11) is 0. The molecule has 2 aliphatic heterocycles. The molecule has 0 aliphatic carbocycles. The molecule has 0 fully saturated rings. The summed E-state index contributed by atoms with van der Waals surface area (Å²) in [6.07, 6.45) is 0.909. The first kappa shape index (κ1) is 10.6. The molecule has 0 amide bonds. The zero-order chi connectivity index (χ0) is 11.1. The molecule has 15 heavy (non-hydrogen) atoms. The summed E-state index contributed by atoms with van der Waals surface area (Å²) in [5.41, 5.74) is -0.206. The third-order valence-electron chi connectivity index (χ3n) is 2.79. The Morgan fingerprint density at radius 2 is 1.73 bits per heavy atom. The van der Waals surface area contributed by atoms with Crippen molar-refractivity contribution < 1.29 is 0 Å². The van der Waals surface area contributed by atoms with E-state index >= 15 is 0 Å². The number of nitrogens with zero attached hydrogens (tertiary/aromatic N) is 4. The van der Waals surface area contributed by atoms with Crippen LogP contribution >= 0.6 is 0 Å². The second kappa shape index (κ2) is 3.29. The standard InChI is InChI=1S/C11H20N4/c1-10(2)7-9-12-5-6-15(9)8-11(3,4)14-13-10/h5-8H2,1-4H3. The molecule has 0 aromatic heterocycles. The fourth-order valence-corrected chi connectivity index (χ4v) is 2.06. The summed E-state index contributed by atoms with van der Waals surface area (Å²) in [6, 6.07) is 0. The van der Waals surface area contributed by atoms with E-state index in [2.05, 4.69) is 47.8 Å². The smallest absolute Gasteiger partial charge is 0.102 e. The van der Waals surface area contributed by atoms with Gasteiger partial charge < -0.3 is 4.90 Å². The number of hydrogen-bond donors (Lipinski definition) is 0. The van der Waals surface area contributed by atoms with Crippen LogP contribution in [0.15, 0.2) is 15.2 Å². The van der Waals surface area contributed by atoms with E-state index in [1.54, 1.807) is 0 Å². The van der Waals surface area contributed by atoms with E-state index in [0.29, 0.717) is 0 Å². The van der Waals surface area contributed by atoms with E-state index in [1.807, 2.05) is 0 Å². The molecule has 84 valence electrons. The van der Waals surface area contributed by atoms with Crippen molar-refractivity contribution in [2.24, 2.45) is 15.2 Å². The van der Waals surface area contributed by atoms with Crippen LogP contribution in [0.1, 0.15) is 34.1 Å². The molecular weight excluding hydrogens is 188 g/mol. The highest BCUT2D eigenvalue weighted by Crippen LogP contribution is 2.26. The Morgan fingerprint density at radius 1 is 1.07 bits per heavy atom. The quantitative estimate of drug-likeness (QED) is 0.601. The van der Waals surface area contributed by atoms with Gasteiger partial charge in [-0.25, -0.2) is 0 Å². The van der Waals surface area contributed by atoms with Crippen LogP contribution in [0.4, 0.5) is 0 Å². The Balaban J connectivity index is 2.30. The van der Waals surface area contributed by atoms with E-state index < -0.39 is 0 Å². The molecule has 0 bridgehead atoms. The maximum Gasteiger partial charge on any atom is 0.102 e. The van der Waals surface area contributed by atoms with Gasteiger partial charge in [0.15, 0.2) is 0 Å². The van der Waals surface area contributed by atoms with Gasteiger partial charge in [0.2, 0.25) is 0 Å². The molecule has 0 atom stereocenters. The van der Waals surface area contributed by atoms with Crippen LogP contribution in [0.5, 0.6) is 0 Å². The first-order valence-corrected chi connectivity index (χ1v) is 5.60. The Hall–Kier alpha value is -0.930. The zero-order valence-corrected chi connectivity index (χ0v) is 10.1. The zero-order valence-electron chi connectivity index (χ0n) is 10.1. The van der Waals surface area contributed by atoms with Gasteiger partial charge in [-0.05, 0) is 27.7 Å². The van der Waals surface area contributed by atoms with Gasteiger partial charge >= 0.3 is 0 Å². The molecule has 0 aromatic carbocycles. The molecule has 4 nitrogen and oxygen atoms in total. The van der Waals surface area contributed by atoms with Gasteiger partial charge in [-0.1, -0.05) is 0 Å². The number of hydrogen-bond acceptors (Lipinski definition) is 4. The van der Waals surface area contributed by atoms with Gasteiger partial charge in [-0.15, -0.1) is 0 Å². The molecule has 2 rings (SSSR count). The summed E-state index contributed by atoms with van der Waals surface area (Å²) >= 11 is 0. The second-order valence-corrected chi connectivity index (χ2v) is 5.72. The lowest BCUT2D eigenvalue weighted by atomic mass is 9.98. The highest BCUT2D eigenvalue weighted by atomic mass is 15.3. The SMILES string of the molecule is CC1(C)CC2=NCCN2CC(C)(C)N=N1. The second-order valence-electron chi connectivity index (χ2n) is 5.72. The van der Waals surface area contributed by atoms with E-state index in [4.69, 9.17) is 0 Å². The molecule has 0 aromatic rings. The van der Waals surface area contributed by atoms with E-state index in [-0.39, 0.29) is 11.1 Å². The Labute approximate surface area is 91.5 Å². The van der Waals surface area contributed by atoms with Gasteiger partial charge in [0, 0.05) is 19.5 Å². The van der Waals surface area contributed by atoms with Crippen LogP contribution in [0.3, 0.4) is 0 Å². The minimum Gasteiger partial charge on any atom is -0.356 e. The number of aliphatic imine (C=N–C) groups is 1. The molecule has 0 saturated carbocycles. The lowest BCUT2D eigenvalue weighted by Crippen LogP contribution is -2.43. The first-order chi connectivity index (χ1) is 6.88. The molecule has 0 spiro atoms. The van der Waals surface area contributed by atoms with Crippen LogP contribution in [0.2, 0.25) is 0 Å². The average molecular weight is 208 g/mol. The van der Waals surface area contributed by atoms with Crippen molar-refractivity contribution in [3.63, 3.8) is 0 Å². The van der Waals surface area contributed by atoms with Crippen molar-refractivity contribution in [1.82, 2.24) is 4.90 Å². The molecule has 0 saturated heterocycles. The van der Waals surface area contributed by atoms with Crippen molar-refractivity contribution in [3.05, 3.63) is 0 Å². The van der Waals surface area contributed by atoms with Gasteiger partial charge in [0.25, 0.3) is 0 Å². The minimum atomic E-state index is -0.112. The largest absolute Gasteiger partial charge is 0.356 e. The normalized spacial score (nSPS) is 28.0. The highest BCUT2D eigenvalue weighted by Gasteiger charge is 2.33. The van der Waals surface area contributed by atoms with Crippen LogP contribution in [-0.2, 0) is 0 Å². The van der Waals surface area contributed by atoms with Gasteiger partial charge in [0.1, 0.15) is 5.84 Å². The Morgan fingerprint density at radius 3 is 2.47 bits per heavy atom. The third kappa shape index (κ3) is 2.36. The van der Waals surface area contributed by atoms with E-state index in [0.717, 1.165) is 26.1 Å².